The molecule has 0 fully saturated rings. The second kappa shape index (κ2) is 8.72. The molecule has 0 spiro atoms. The smallest absolute Gasteiger partial charge is 0.225 e. The lowest BCUT2D eigenvalue weighted by Crippen LogP contribution is -2.33. The summed E-state index contributed by atoms with van der Waals surface area (Å²) < 4.78 is 24.6. The Balaban J connectivity index is 2.62. The molecule has 124 valence electrons. The first-order chi connectivity index (χ1) is 10.3. The van der Waals surface area contributed by atoms with E-state index in [2.05, 4.69) is 5.32 Å². The molecule has 0 aliphatic heterocycles. The monoisotopic (exact) mass is 366 g/mol. The number of benzene rings is 1. The third-order valence-electron chi connectivity index (χ3n) is 3.04. The van der Waals surface area contributed by atoms with Crippen molar-refractivity contribution in [1.29, 1.82) is 0 Å². The first kappa shape index (κ1) is 19.2. The van der Waals surface area contributed by atoms with Gasteiger partial charge in [0.2, 0.25) is 15.9 Å². The maximum Gasteiger partial charge on any atom is 0.225 e. The molecular formula is C14H20Cl2N2O3S. The van der Waals surface area contributed by atoms with Gasteiger partial charge in [0.05, 0.1) is 22.0 Å². The van der Waals surface area contributed by atoms with Crippen molar-refractivity contribution in [2.75, 3.05) is 24.7 Å². The molecule has 0 atom stereocenters. The number of hydrogen-bond donors (Lipinski definition) is 1. The molecule has 0 heterocycles. The fourth-order valence-corrected chi connectivity index (χ4v) is 3.05. The van der Waals surface area contributed by atoms with Gasteiger partial charge in [-0.2, -0.15) is 0 Å². The maximum absolute atomic E-state index is 11.9. The largest absolute Gasteiger partial charge is 0.325 e. The summed E-state index contributed by atoms with van der Waals surface area (Å²) in [6.45, 7) is 2.54. The van der Waals surface area contributed by atoms with Gasteiger partial charge in [-0.25, -0.2) is 12.7 Å². The molecule has 0 unspecified atom stereocenters. The zero-order valence-electron chi connectivity index (χ0n) is 12.6. The summed E-state index contributed by atoms with van der Waals surface area (Å²) in [5.41, 5.74) is 0.415. The number of anilines is 1. The highest BCUT2D eigenvalue weighted by Crippen LogP contribution is 2.29. The molecule has 0 saturated heterocycles. The number of rotatable bonds is 8. The minimum atomic E-state index is -3.31. The van der Waals surface area contributed by atoms with Crippen LogP contribution < -0.4 is 5.32 Å². The Kier molecular flexibility index (Phi) is 7.62. The zero-order valence-corrected chi connectivity index (χ0v) is 14.9. The second-order valence-electron chi connectivity index (χ2n) is 4.92. The van der Waals surface area contributed by atoms with Crippen LogP contribution in [0.4, 0.5) is 5.69 Å². The Hall–Kier alpha value is -0.820. The van der Waals surface area contributed by atoms with Gasteiger partial charge in [0.1, 0.15) is 0 Å². The molecule has 5 nitrogen and oxygen atoms in total. The average Bonchev–Trinajstić information content (AvgIpc) is 2.42. The fourth-order valence-electron chi connectivity index (χ4n) is 1.82. The molecular weight excluding hydrogens is 347 g/mol. The molecule has 22 heavy (non-hydrogen) atoms. The molecule has 0 aliphatic carbocycles. The number of hydrogen-bond acceptors (Lipinski definition) is 3. The zero-order chi connectivity index (χ0) is 16.8. The lowest BCUT2D eigenvalue weighted by molar-refractivity contribution is -0.116. The molecule has 0 bridgehead atoms. The molecule has 1 aromatic carbocycles. The predicted molar refractivity (Wildman–Crippen MR) is 91.0 cm³/mol. The van der Waals surface area contributed by atoms with E-state index < -0.39 is 10.0 Å². The van der Waals surface area contributed by atoms with Crippen LogP contribution in [0, 0.1) is 0 Å². The highest BCUT2D eigenvalue weighted by Gasteiger charge is 2.17. The Morgan fingerprint density at radius 3 is 2.55 bits per heavy atom. The van der Waals surface area contributed by atoms with Gasteiger partial charge >= 0.3 is 0 Å². The molecule has 0 aromatic heterocycles. The Bertz CT molecular complexity index is 621. The van der Waals surface area contributed by atoms with Crippen LogP contribution in [0.25, 0.3) is 0 Å². The number of nitrogens with zero attached hydrogens (tertiary/aromatic N) is 1. The summed E-state index contributed by atoms with van der Waals surface area (Å²) in [6.07, 6.45) is 2.85. The maximum atomic E-state index is 11.9. The van der Waals surface area contributed by atoms with Gasteiger partial charge in [0.25, 0.3) is 0 Å². The third-order valence-corrected chi connectivity index (χ3v) is 5.17. The number of carbonyl (C=O) groups is 1. The molecule has 0 radical (unpaired) electrons. The van der Waals surface area contributed by atoms with Crippen molar-refractivity contribution in [3.63, 3.8) is 0 Å². The van der Waals surface area contributed by atoms with Crippen LogP contribution in [0.3, 0.4) is 0 Å². The summed E-state index contributed by atoms with van der Waals surface area (Å²) >= 11 is 11.9. The van der Waals surface area contributed by atoms with E-state index in [1.165, 1.54) is 4.31 Å². The van der Waals surface area contributed by atoms with Gasteiger partial charge in [-0.3, -0.25) is 4.79 Å². The van der Waals surface area contributed by atoms with Crippen LogP contribution in [0.5, 0.6) is 0 Å². The molecule has 0 aliphatic rings. The van der Waals surface area contributed by atoms with Crippen LogP contribution in [0.2, 0.25) is 10.0 Å². The van der Waals surface area contributed by atoms with E-state index in [9.17, 15) is 13.2 Å². The van der Waals surface area contributed by atoms with E-state index in [-0.39, 0.29) is 23.9 Å². The number of nitrogens with one attached hydrogen (secondary N) is 1. The molecule has 1 N–H and O–H groups in total. The number of amides is 1. The van der Waals surface area contributed by atoms with Crippen LogP contribution in [0.15, 0.2) is 18.2 Å². The molecule has 1 rings (SSSR count). The molecule has 1 aromatic rings. The first-order valence-electron chi connectivity index (χ1n) is 6.94. The van der Waals surface area contributed by atoms with Crippen molar-refractivity contribution in [3.8, 4) is 0 Å². The minimum absolute atomic E-state index is 0.0552. The van der Waals surface area contributed by atoms with Crippen molar-refractivity contribution in [2.24, 2.45) is 0 Å². The van der Waals surface area contributed by atoms with Crippen LogP contribution in [0.1, 0.15) is 26.2 Å². The highest BCUT2D eigenvalue weighted by atomic mass is 35.5. The number of unbranched alkanes of at least 4 members (excludes halogenated alkanes) is 1. The van der Waals surface area contributed by atoms with Crippen LogP contribution >= 0.6 is 23.2 Å². The Morgan fingerprint density at radius 2 is 1.95 bits per heavy atom. The van der Waals surface area contributed by atoms with E-state index >= 15 is 0 Å². The van der Waals surface area contributed by atoms with E-state index in [1.54, 1.807) is 18.2 Å². The van der Waals surface area contributed by atoms with Gasteiger partial charge < -0.3 is 5.32 Å². The highest BCUT2D eigenvalue weighted by molar-refractivity contribution is 7.88. The van der Waals surface area contributed by atoms with E-state index in [4.69, 9.17) is 23.2 Å². The first-order valence-corrected chi connectivity index (χ1v) is 9.55. The fraction of sp³-hybridized carbons (Fsp3) is 0.500. The van der Waals surface area contributed by atoms with E-state index in [1.807, 2.05) is 6.92 Å². The minimum Gasteiger partial charge on any atom is -0.325 e. The van der Waals surface area contributed by atoms with Crippen molar-refractivity contribution < 1.29 is 13.2 Å². The summed E-state index contributed by atoms with van der Waals surface area (Å²) in [5, 5.41) is 3.25. The number of halogens is 2. The standard InChI is InChI=1S/C14H20Cl2N2O3S/c1-3-4-9-18(22(2,20)21)10-8-13(19)17-12-7-5-6-11(15)14(12)16/h5-7H,3-4,8-10H2,1-2H3,(H,17,19). The molecule has 0 saturated carbocycles. The van der Waals surface area contributed by atoms with E-state index in [0.29, 0.717) is 17.3 Å². The SMILES string of the molecule is CCCCN(CCC(=O)Nc1cccc(Cl)c1Cl)S(C)(=O)=O. The van der Waals surface area contributed by atoms with Crippen molar-refractivity contribution in [3.05, 3.63) is 28.2 Å². The van der Waals surface area contributed by atoms with Gasteiger partial charge in [-0.1, -0.05) is 42.6 Å². The Morgan fingerprint density at radius 1 is 1.27 bits per heavy atom. The van der Waals surface area contributed by atoms with Crippen molar-refractivity contribution >= 4 is 44.8 Å². The summed E-state index contributed by atoms with van der Waals surface area (Å²) in [4.78, 5) is 11.9. The normalized spacial score (nSPS) is 11.7. The van der Waals surface area contributed by atoms with Crippen LogP contribution in [-0.2, 0) is 14.8 Å². The van der Waals surface area contributed by atoms with Crippen molar-refractivity contribution in [2.45, 2.75) is 26.2 Å². The average molecular weight is 367 g/mol. The predicted octanol–water partition coefficient (Wildman–Crippen LogP) is 3.38. The molecule has 8 heteroatoms. The van der Waals surface area contributed by atoms with Crippen molar-refractivity contribution in [1.82, 2.24) is 4.31 Å². The topological polar surface area (TPSA) is 66.5 Å². The van der Waals surface area contributed by atoms with Gasteiger partial charge in [0.15, 0.2) is 0 Å². The lowest BCUT2D eigenvalue weighted by Gasteiger charge is -2.19. The molecule has 1 amide bonds. The number of carbonyl (C=O) groups excluding carboxylic acids is 1. The van der Waals surface area contributed by atoms with Gasteiger partial charge in [0, 0.05) is 19.5 Å². The summed E-state index contributed by atoms with van der Waals surface area (Å²) in [6, 6.07) is 4.93. The number of sulfonamides is 1. The quantitative estimate of drug-likeness (QED) is 0.766. The van der Waals surface area contributed by atoms with Gasteiger partial charge in [-0.15, -0.1) is 0 Å². The summed E-state index contributed by atoms with van der Waals surface area (Å²) in [5.74, 6) is -0.311. The Labute approximate surface area is 141 Å². The third kappa shape index (κ3) is 6.12. The summed E-state index contributed by atoms with van der Waals surface area (Å²) in [7, 11) is -3.31. The van der Waals surface area contributed by atoms with Gasteiger partial charge in [-0.05, 0) is 18.6 Å². The lowest BCUT2D eigenvalue weighted by atomic mass is 10.3. The second-order valence-corrected chi connectivity index (χ2v) is 7.68. The van der Waals surface area contributed by atoms with E-state index in [0.717, 1.165) is 19.1 Å². The van der Waals surface area contributed by atoms with Crippen LogP contribution in [-0.4, -0.2) is 38.0 Å².